The van der Waals surface area contributed by atoms with Gasteiger partial charge in [0.2, 0.25) is 5.91 Å². The topological polar surface area (TPSA) is 91.8 Å². The molecule has 3 amide bonds. The number of carbonyl (C=O) groups excluding carboxylic acids is 3. The van der Waals surface area contributed by atoms with Crippen molar-refractivity contribution >= 4 is 44.7 Å². The Labute approximate surface area is 174 Å². The first-order chi connectivity index (χ1) is 13.8. The van der Waals surface area contributed by atoms with Gasteiger partial charge in [-0.05, 0) is 29.8 Å². The Balaban J connectivity index is 1.55. The van der Waals surface area contributed by atoms with Gasteiger partial charge in [-0.15, -0.1) is 0 Å². The fourth-order valence-corrected chi connectivity index (χ4v) is 5.78. The summed E-state index contributed by atoms with van der Waals surface area (Å²) in [6.45, 7) is -0.0208. The van der Waals surface area contributed by atoms with Crippen LogP contribution in [0.15, 0.2) is 47.4 Å². The number of allylic oxidation sites excluding steroid dienone is 2. The van der Waals surface area contributed by atoms with Gasteiger partial charge < -0.3 is 4.90 Å². The van der Waals surface area contributed by atoms with Crippen LogP contribution in [0.3, 0.4) is 0 Å². The fraction of sp³-hybridized carbons (Fsp3) is 0.350. The van der Waals surface area contributed by atoms with Crippen LogP contribution in [0.2, 0.25) is 0 Å². The van der Waals surface area contributed by atoms with Gasteiger partial charge in [0.25, 0.3) is 11.1 Å². The molecule has 0 aliphatic carbocycles. The van der Waals surface area contributed by atoms with Crippen LogP contribution in [0, 0.1) is 0 Å². The molecule has 0 saturated carbocycles. The lowest BCUT2D eigenvalue weighted by atomic mass is 10.2. The minimum atomic E-state index is -3.09. The summed E-state index contributed by atoms with van der Waals surface area (Å²) in [5.74, 6) is -0.650. The molecule has 1 aromatic rings. The molecule has 2 saturated heterocycles. The van der Waals surface area contributed by atoms with Crippen LogP contribution < -0.4 is 0 Å². The van der Waals surface area contributed by atoms with Gasteiger partial charge in [0, 0.05) is 26.1 Å². The fourth-order valence-electron chi connectivity index (χ4n) is 3.19. The Morgan fingerprint density at radius 2 is 2.00 bits per heavy atom. The monoisotopic (exact) mass is 434 g/mol. The summed E-state index contributed by atoms with van der Waals surface area (Å²) in [5.41, 5.74) is 0.977. The summed E-state index contributed by atoms with van der Waals surface area (Å²) in [7, 11) is -1.52. The molecular weight excluding hydrogens is 412 g/mol. The summed E-state index contributed by atoms with van der Waals surface area (Å²) < 4.78 is 23.2. The molecule has 3 rings (SSSR count). The molecule has 0 bridgehead atoms. The van der Waals surface area contributed by atoms with E-state index >= 15 is 0 Å². The highest BCUT2D eigenvalue weighted by atomic mass is 32.2. The van der Waals surface area contributed by atoms with Crippen molar-refractivity contribution in [1.82, 2.24) is 9.80 Å². The van der Waals surface area contributed by atoms with Crippen LogP contribution in [0.1, 0.15) is 18.4 Å². The Hall–Kier alpha value is -2.39. The third-order valence-corrected chi connectivity index (χ3v) is 7.58. The largest absolute Gasteiger partial charge is 0.342 e. The third-order valence-electron chi connectivity index (χ3n) is 4.91. The summed E-state index contributed by atoms with van der Waals surface area (Å²) in [5, 5.41) is -0.409. The van der Waals surface area contributed by atoms with Gasteiger partial charge in [-0.3, -0.25) is 19.3 Å². The number of thioether (sulfide) groups is 1. The highest BCUT2D eigenvalue weighted by molar-refractivity contribution is 8.18. The van der Waals surface area contributed by atoms with E-state index in [1.165, 1.54) is 4.90 Å². The van der Waals surface area contributed by atoms with Crippen molar-refractivity contribution in [2.75, 3.05) is 25.1 Å². The Kier molecular flexibility index (Phi) is 6.59. The molecule has 2 fully saturated rings. The maximum atomic E-state index is 12.5. The van der Waals surface area contributed by atoms with Crippen molar-refractivity contribution in [2.24, 2.45) is 0 Å². The van der Waals surface area contributed by atoms with Gasteiger partial charge in [-0.1, -0.05) is 42.5 Å². The summed E-state index contributed by atoms with van der Waals surface area (Å²) in [6.07, 6.45) is 5.53. The number of hydrogen-bond donors (Lipinski definition) is 0. The van der Waals surface area contributed by atoms with Crippen molar-refractivity contribution in [1.29, 1.82) is 0 Å². The average molecular weight is 435 g/mol. The zero-order chi connectivity index (χ0) is 21.0. The van der Waals surface area contributed by atoms with Gasteiger partial charge in [0.15, 0.2) is 9.84 Å². The van der Waals surface area contributed by atoms with E-state index in [-0.39, 0.29) is 36.4 Å². The maximum Gasteiger partial charge on any atom is 0.293 e. The van der Waals surface area contributed by atoms with Crippen LogP contribution in [-0.2, 0) is 19.4 Å². The summed E-state index contributed by atoms with van der Waals surface area (Å²) in [4.78, 5) is 39.8. The minimum absolute atomic E-state index is 0.0208. The zero-order valence-electron chi connectivity index (χ0n) is 16.0. The molecule has 9 heteroatoms. The molecule has 1 atom stereocenters. The normalized spacial score (nSPS) is 22.7. The van der Waals surface area contributed by atoms with Crippen molar-refractivity contribution < 1.29 is 22.8 Å². The average Bonchev–Trinajstić information content (AvgIpc) is 3.19. The SMILES string of the molecule is CN(C(=O)CCN1C(=O)S/C(=C/C=C/c2ccccc2)C1=O)C1CCS(=O)(=O)C1. The van der Waals surface area contributed by atoms with E-state index in [0.29, 0.717) is 11.3 Å². The first-order valence-electron chi connectivity index (χ1n) is 9.20. The van der Waals surface area contributed by atoms with Crippen LogP contribution in [0.4, 0.5) is 4.79 Å². The molecule has 0 N–H and O–H groups in total. The van der Waals surface area contributed by atoms with E-state index in [1.54, 1.807) is 19.2 Å². The van der Waals surface area contributed by atoms with Gasteiger partial charge in [0.1, 0.15) is 0 Å². The predicted molar refractivity (Wildman–Crippen MR) is 113 cm³/mol. The number of sulfone groups is 1. The lowest BCUT2D eigenvalue weighted by molar-refractivity contribution is -0.132. The molecule has 2 aliphatic rings. The highest BCUT2D eigenvalue weighted by Gasteiger charge is 2.36. The van der Waals surface area contributed by atoms with E-state index < -0.39 is 21.0 Å². The molecule has 7 nitrogen and oxygen atoms in total. The maximum absolute atomic E-state index is 12.5. The number of nitrogens with zero attached hydrogens (tertiary/aromatic N) is 2. The Bertz CT molecular complexity index is 970. The van der Waals surface area contributed by atoms with Gasteiger partial charge in [0.05, 0.1) is 16.4 Å². The first-order valence-corrected chi connectivity index (χ1v) is 11.8. The van der Waals surface area contributed by atoms with Crippen LogP contribution >= 0.6 is 11.8 Å². The van der Waals surface area contributed by atoms with Gasteiger partial charge in [-0.25, -0.2) is 8.42 Å². The Morgan fingerprint density at radius 1 is 1.28 bits per heavy atom. The molecule has 0 spiro atoms. The number of imide groups is 1. The van der Waals surface area contributed by atoms with Crippen molar-refractivity contribution in [3.63, 3.8) is 0 Å². The number of benzene rings is 1. The predicted octanol–water partition coefficient (Wildman–Crippen LogP) is 2.31. The third kappa shape index (κ3) is 5.36. The van der Waals surface area contributed by atoms with Crippen molar-refractivity contribution in [2.45, 2.75) is 18.9 Å². The second-order valence-corrected chi connectivity index (χ2v) is 10.2. The van der Waals surface area contributed by atoms with Gasteiger partial charge in [-0.2, -0.15) is 0 Å². The molecule has 0 radical (unpaired) electrons. The van der Waals surface area contributed by atoms with E-state index in [0.717, 1.165) is 22.2 Å². The second kappa shape index (κ2) is 8.96. The van der Waals surface area contributed by atoms with E-state index in [4.69, 9.17) is 0 Å². The van der Waals surface area contributed by atoms with E-state index in [2.05, 4.69) is 0 Å². The van der Waals surface area contributed by atoms with Crippen molar-refractivity contribution in [3.8, 4) is 0 Å². The lowest BCUT2D eigenvalue weighted by Crippen LogP contribution is -2.40. The van der Waals surface area contributed by atoms with Crippen molar-refractivity contribution in [3.05, 3.63) is 53.0 Å². The van der Waals surface area contributed by atoms with Crippen LogP contribution in [0.5, 0.6) is 0 Å². The minimum Gasteiger partial charge on any atom is -0.342 e. The number of hydrogen-bond acceptors (Lipinski definition) is 6. The Morgan fingerprint density at radius 3 is 2.66 bits per heavy atom. The number of carbonyl (C=O) groups is 3. The zero-order valence-corrected chi connectivity index (χ0v) is 17.6. The lowest BCUT2D eigenvalue weighted by Gasteiger charge is -2.24. The molecule has 154 valence electrons. The number of rotatable bonds is 6. The molecule has 1 unspecified atom stereocenters. The molecule has 0 aromatic heterocycles. The molecule has 29 heavy (non-hydrogen) atoms. The van der Waals surface area contributed by atoms with Gasteiger partial charge >= 0.3 is 0 Å². The first kappa shape index (κ1) is 21.3. The number of amides is 3. The molecule has 2 aliphatic heterocycles. The highest BCUT2D eigenvalue weighted by Crippen LogP contribution is 2.31. The molecular formula is C20H22N2O5S2. The standard InChI is InChI=1S/C20H22N2O5S2/c1-21(16-11-13-29(26,27)14-16)18(23)10-12-22-19(24)17(28-20(22)25)9-5-8-15-6-3-2-4-7-15/h2-9,16H,10-14H2,1H3/b8-5+,17-9+. The smallest absolute Gasteiger partial charge is 0.293 e. The van der Waals surface area contributed by atoms with Crippen LogP contribution in [0.25, 0.3) is 6.08 Å². The second-order valence-electron chi connectivity index (χ2n) is 6.94. The van der Waals surface area contributed by atoms with E-state index in [9.17, 15) is 22.8 Å². The summed E-state index contributed by atoms with van der Waals surface area (Å²) >= 11 is 0.845. The van der Waals surface area contributed by atoms with E-state index in [1.807, 2.05) is 36.4 Å². The summed E-state index contributed by atoms with van der Waals surface area (Å²) in [6, 6.07) is 9.23. The quantitative estimate of drug-likeness (QED) is 0.638. The van der Waals surface area contributed by atoms with Crippen LogP contribution in [-0.4, -0.2) is 66.4 Å². The molecule has 2 heterocycles. The molecule has 1 aromatic carbocycles.